The molecule has 1 rings (SSSR count). The third-order valence-electron chi connectivity index (χ3n) is 2.51. The van der Waals surface area contributed by atoms with Gasteiger partial charge in [0.15, 0.2) is 0 Å². The number of nitrogens with zero attached hydrogens (tertiary/aromatic N) is 1. The van der Waals surface area contributed by atoms with Crippen molar-refractivity contribution in [3.63, 3.8) is 0 Å². The third-order valence-corrected chi connectivity index (χ3v) is 2.51. The van der Waals surface area contributed by atoms with Crippen molar-refractivity contribution >= 4 is 0 Å². The van der Waals surface area contributed by atoms with Crippen LogP contribution in [0.4, 0.5) is 0 Å². The molecule has 0 saturated carbocycles. The molecule has 0 bridgehead atoms. The van der Waals surface area contributed by atoms with E-state index in [0.717, 1.165) is 25.2 Å². The van der Waals surface area contributed by atoms with E-state index in [4.69, 9.17) is 0 Å². The van der Waals surface area contributed by atoms with Gasteiger partial charge in [-0.2, -0.15) is 0 Å². The second kappa shape index (κ2) is 5.78. The molecular weight excluding hydrogens is 174 g/mol. The van der Waals surface area contributed by atoms with Crippen molar-refractivity contribution in [3.8, 4) is 0 Å². The van der Waals surface area contributed by atoms with Gasteiger partial charge in [0.25, 0.3) is 0 Å². The predicted molar refractivity (Wildman–Crippen MR) is 59.2 cm³/mol. The summed E-state index contributed by atoms with van der Waals surface area (Å²) in [6, 6.07) is 9.82. The molecule has 0 aromatic heterocycles. The van der Waals surface area contributed by atoms with Crippen molar-refractivity contribution in [3.05, 3.63) is 35.9 Å². The van der Waals surface area contributed by atoms with Crippen molar-refractivity contribution in [1.82, 2.24) is 4.90 Å². The van der Waals surface area contributed by atoms with Crippen LogP contribution in [0.2, 0.25) is 0 Å². The zero-order chi connectivity index (χ0) is 10.4. The van der Waals surface area contributed by atoms with Crippen LogP contribution in [0, 0.1) is 0 Å². The van der Waals surface area contributed by atoms with E-state index in [1.165, 1.54) is 0 Å². The summed E-state index contributed by atoms with van der Waals surface area (Å²) in [6.45, 7) is 6.92. The zero-order valence-corrected chi connectivity index (χ0v) is 8.98. The van der Waals surface area contributed by atoms with E-state index in [0.29, 0.717) is 0 Å². The molecule has 0 saturated heterocycles. The number of hydrogen-bond acceptors (Lipinski definition) is 2. The smallest absolute Gasteiger partial charge is 0.0916 e. The van der Waals surface area contributed by atoms with Gasteiger partial charge in [-0.1, -0.05) is 44.2 Å². The van der Waals surface area contributed by atoms with Gasteiger partial charge in [-0.05, 0) is 18.7 Å². The number of likely N-dealkylation sites (N-methyl/N-ethyl adjacent to an activating group) is 1. The van der Waals surface area contributed by atoms with Crippen LogP contribution in [0.15, 0.2) is 30.3 Å². The Bertz CT molecular complexity index is 244. The van der Waals surface area contributed by atoms with Crippen molar-refractivity contribution in [2.24, 2.45) is 0 Å². The van der Waals surface area contributed by atoms with Gasteiger partial charge in [0.05, 0.1) is 6.10 Å². The average Bonchev–Trinajstić information content (AvgIpc) is 2.26. The summed E-state index contributed by atoms with van der Waals surface area (Å²) in [6.07, 6.45) is -0.365. The first kappa shape index (κ1) is 11.2. The van der Waals surface area contributed by atoms with Crippen LogP contribution in [-0.2, 0) is 0 Å². The Labute approximate surface area is 86.2 Å². The average molecular weight is 193 g/mol. The van der Waals surface area contributed by atoms with E-state index >= 15 is 0 Å². The Kier molecular flexibility index (Phi) is 4.63. The van der Waals surface area contributed by atoms with E-state index in [1.54, 1.807) is 0 Å². The van der Waals surface area contributed by atoms with Crippen LogP contribution in [0.5, 0.6) is 0 Å². The highest BCUT2D eigenvalue weighted by Crippen LogP contribution is 2.13. The summed E-state index contributed by atoms with van der Waals surface area (Å²) in [5.74, 6) is 0. The SMILES string of the molecule is CCN(CC)CC(O)c1ccccc1. The maximum Gasteiger partial charge on any atom is 0.0916 e. The number of aliphatic hydroxyl groups is 1. The fourth-order valence-corrected chi connectivity index (χ4v) is 1.51. The molecule has 14 heavy (non-hydrogen) atoms. The number of hydrogen-bond donors (Lipinski definition) is 1. The molecular formula is C12H19NO. The van der Waals surface area contributed by atoms with E-state index in [1.807, 2.05) is 30.3 Å². The molecule has 0 heterocycles. The maximum absolute atomic E-state index is 9.91. The Morgan fingerprint density at radius 2 is 1.71 bits per heavy atom. The summed E-state index contributed by atoms with van der Waals surface area (Å²) in [7, 11) is 0. The molecule has 0 amide bonds. The van der Waals surface area contributed by atoms with Crippen LogP contribution in [0.1, 0.15) is 25.5 Å². The largest absolute Gasteiger partial charge is 0.387 e. The normalized spacial score (nSPS) is 13.1. The predicted octanol–water partition coefficient (Wildman–Crippen LogP) is 2.06. The summed E-state index contributed by atoms with van der Waals surface area (Å²) in [4.78, 5) is 2.22. The Balaban J connectivity index is 2.54. The van der Waals surface area contributed by atoms with E-state index in [-0.39, 0.29) is 6.10 Å². The molecule has 2 heteroatoms. The molecule has 1 N–H and O–H groups in total. The van der Waals surface area contributed by atoms with Gasteiger partial charge in [0.1, 0.15) is 0 Å². The number of benzene rings is 1. The van der Waals surface area contributed by atoms with Crippen molar-refractivity contribution in [1.29, 1.82) is 0 Å². The number of rotatable bonds is 5. The lowest BCUT2D eigenvalue weighted by Crippen LogP contribution is -2.28. The molecule has 1 unspecified atom stereocenters. The second-order valence-electron chi connectivity index (χ2n) is 3.41. The molecule has 1 aromatic carbocycles. The van der Waals surface area contributed by atoms with Gasteiger partial charge in [0, 0.05) is 6.54 Å². The molecule has 78 valence electrons. The molecule has 0 fully saturated rings. The minimum absolute atomic E-state index is 0.365. The maximum atomic E-state index is 9.91. The molecule has 1 atom stereocenters. The summed E-state index contributed by atoms with van der Waals surface area (Å²) < 4.78 is 0. The van der Waals surface area contributed by atoms with Gasteiger partial charge in [-0.25, -0.2) is 0 Å². The highest BCUT2D eigenvalue weighted by molar-refractivity contribution is 5.17. The topological polar surface area (TPSA) is 23.5 Å². The van der Waals surface area contributed by atoms with Gasteiger partial charge < -0.3 is 10.0 Å². The highest BCUT2D eigenvalue weighted by atomic mass is 16.3. The summed E-state index contributed by atoms with van der Waals surface area (Å²) in [5.41, 5.74) is 0.999. The minimum Gasteiger partial charge on any atom is -0.387 e. The fraction of sp³-hybridized carbons (Fsp3) is 0.500. The number of aliphatic hydroxyl groups excluding tert-OH is 1. The molecule has 0 radical (unpaired) electrons. The molecule has 0 aliphatic rings. The van der Waals surface area contributed by atoms with Gasteiger partial charge in [-0.3, -0.25) is 0 Å². The quantitative estimate of drug-likeness (QED) is 0.773. The molecule has 0 aliphatic carbocycles. The van der Waals surface area contributed by atoms with Crippen molar-refractivity contribution in [2.75, 3.05) is 19.6 Å². The lowest BCUT2D eigenvalue weighted by molar-refractivity contribution is 0.119. The minimum atomic E-state index is -0.365. The first-order valence-electron chi connectivity index (χ1n) is 5.23. The van der Waals surface area contributed by atoms with Crippen LogP contribution in [0.25, 0.3) is 0 Å². The van der Waals surface area contributed by atoms with E-state index < -0.39 is 0 Å². The second-order valence-corrected chi connectivity index (χ2v) is 3.41. The van der Waals surface area contributed by atoms with E-state index in [9.17, 15) is 5.11 Å². The Hall–Kier alpha value is -0.860. The lowest BCUT2D eigenvalue weighted by atomic mass is 10.1. The first-order chi connectivity index (χ1) is 6.77. The van der Waals surface area contributed by atoms with Gasteiger partial charge in [-0.15, -0.1) is 0 Å². The summed E-state index contributed by atoms with van der Waals surface area (Å²) >= 11 is 0. The highest BCUT2D eigenvalue weighted by Gasteiger charge is 2.09. The Morgan fingerprint density at radius 3 is 2.21 bits per heavy atom. The molecule has 0 aliphatic heterocycles. The Morgan fingerprint density at radius 1 is 1.14 bits per heavy atom. The fourth-order valence-electron chi connectivity index (χ4n) is 1.51. The molecule has 2 nitrogen and oxygen atoms in total. The van der Waals surface area contributed by atoms with Gasteiger partial charge >= 0.3 is 0 Å². The standard InChI is InChI=1S/C12H19NO/c1-3-13(4-2)10-12(14)11-8-6-5-7-9-11/h5-9,12,14H,3-4,10H2,1-2H3. The lowest BCUT2D eigenvalue weighted by Gasteiger charge is -2.21. The van der Waals surface area contributed by atoms with Crippen molar-refractivity contribution < 1.29 is 5.11 Å². The van der Waals surface area contributed by atoms with Crippen LogP contribution in [-0.4, -0.2) is 29.6 Å². The zero-order valence-electron chi connectivity index (χ0n) is 8.98. The van der Waals surface area contributed by atoms with Crippen LogP contribution in [0.3, 0.4) is 0 Å². The molecule has 1 aromatic rings. The summed E-state index contributed by atoms with van der Waals surface area (Å²) in [5, 5.41) is 9.91. The first-order valence-corrected chi connectivity index (χ1v) is 5.23. The van der Waals surface area contributed by atoms with Gasteiger partial charge in [0.2, 0.25) is 0 Å². The van der Waals surface area contributed by atoms with Crippen LogP contribution >= 0.6 is 0 Å². The monoisotopic (exact) mass is 193 g/mol. The third kappa shape index (κ3) is 3.13. The van der Waals surface area contributed by atoms with Crippen molar-refractivity contribution in [2.45, 2.75) is 20.0 Å². The van der Waals surface area contributed by atoms with E-state index in [2.05, 4.69) is 18.7 Å². The van der Waals surface area contributed by atoms with Crippen LogP contribution < -0.4 is 0 Å². The molecule has 0 spiro atoms.